The van der Waals surface area contributed by atoms with Gasteiger partial charge in [-0.05, 0) is 6.92 Å². The van der Waals surface area contributed by atoms with E-state index in [9.17, 15) is 0 Å². The zero-order chi connectivity index (χ0) is 12.7. The summed E-state index contributed by atoms with van der Waals surface area (Å²) < 4.78 is 8.67. The molecule has 18 heavy (non-hydrogen) atoms. The summed E-state index contributed by atoms with van der Waals surface area (Å²) in [6.45, 7) is 2.52. The van der Waals surface area contributed by atoms with Crippen LogP contribution in [0.2, 0.25) is 0 Å². The smallest absolute Gasteiger partial charge is 0.159 e. The van der Waals surface area contributed by atoms with Gasteiger partial charge >= 0.3 is 0 Å². The van der Waals surface area contributed by atoms with Gasteiger partial charge in [0.05, 0.1) is 18.1 Å². The lowest BCUT2D eigenvalue weighted by Gasteiger charge is -2.05. The van der Waals surface area contributed by atoms with Crippen LogP contribution < -0.4 is 0 Å². The lowest BCUT2D eigenvalue weighted by atomic mass is 10.4. The first-order chi connectivity index (χ1) is 8.70. The Morgan fingerprint density at radius 3 is 2.94 bits per heavy atom. The van der Waals surface area contributed by atoms with Gasteiger partial charge in [0, 0.05) is 13.1 Å². The first-order valence-corrected chi connectivity index (χ1v) is 6.08. The standard InChI is InChI=1S/C11H12ClN5O/c1-7-10-11(16(2)14-7)17(9(5-12)13-10)6-8-3-4-18-15-8/h3-4H,5-6H2,1-2H3. The molecule has 0 radical (unpaired) electrons. The van der Waals surface area contributed by atoms with Crippen molar-refractivity contribution in [1.82, 2.24) is 24.5 Å². The quantitative estimate of drug-likeness (QED) is 0.678. The van der Waals surface area contributed by atoms with Crippen molar-refractivity contribution in [2.75, 3.05) is 0 Å². The number of hydrogen-bond donors (Lipinski definition) is 0. The Morgan fingerprint density at radius 1 is 1.44 bits per heavy atom. The summed E-state index contributed by atoms with van der Waals surface area (Å²) in [6.07, 6.45) is 1.55. The molecular weight excluding hydrogens is 254 g/mol. The average Bonchev–Trinajstić information content (AvgIpc) is 3.01. The minimum Gasteiger partial charge on any atom is -0.364 e. The number of imidazole rings is 1. The van der Waals surface area contributed by atoms with Crippen LogP contribution in [0.4, 0.5) is 0 Å². The Labute approximate surface area is 108 Å². The Kier molecular flexibility index (Phi) is 2.59. The first kappa shape index (κ1) is 11.3. The van der Waals surface area contributed by atoms with E-state index in [0.29, 0.717) is 12.4 Å². The van der Waals surface area contributed by atoms with Crippen molar-refractivity contribution in [3.8, 4) is 0 Å². The van der Waals surface area contributed by atoms with Gasteiger partial charge in [0.2, 0.25) is 0 Å². The highest BCUT2D eigenvalue weighted by atomic mass is 35.5. The van der Waals surface area contributed by atoms with Crippen LogP contribution in [0.25, 0.3) is 11.2 Å². The number of alkyl halides is 1. The molecule has 0 unspecified atom stereocenters. The Balaban J connectivity index is 2.18. The van der Waals surface area contributed by atoms with E-state index < -0.39 is 0 Å². The van der Waals surface area contributed by atoms with Crippen molar-refractivity contribution < 1.29 is 4.52 Å². The third kappa shape index (κ3) is 1.60. The Morgan fingerprint density at radius 2 is 2.28 bits per heavy atom. The van der Waals surface area contributed by atoms with E-state index in [4.69, 9.17) is 16.1 Å². The summed E-state index contributed by atoms with van der Waals surface area (Å²) in [5, 5.41) is 8.28. The van der Waals surface area contributed by atoms with Gasteiger partial charge in [0.25, 0.3) is 0 Å². The highest BCUT2D eigenvalue weighted by Gasteiger charge is 2.17. The van der Waals surface area contributed by atoms with Gasteiger partial charge in [-0.2, -0.15) is 5.10 Å². The van der Waals surface area contributed by atoms with Gasteiger partial charge in [-0.3, -0.25) is 4.68 Å². The number of nitrogens with zero attached hydrogens (tertiary/aromatic N) is 5. The number of fused-ring (bicyclic) bond motifs is 1. The molecular formula is C11H12ClN5O. The molecule has 0 N–H and O–H groups in total. The van der Waals surface area contributed by atoms with Crippen molar-refractivity contribution in [3.63, 3.8) is 0 Å². The highest BCUT2D eigenvalue weighted by molar-refractivity contribution is 6.16. The minimum atomic E-state index is 0.353. The van der Waals surface area contributed by atoms with Crippen LogP contribution in [0.1, 0.15) is 17.2 Å². The predicted octanol–water partition coefficient (Wildman–Crippen LogP) is 1.85. The van der Waals surface area contributed by atoms with E-state index in [1.807, 2.05) is 29.3 Å². The molecule has 0 amide bonds. The summed E-state index contributed by atoms with van der Waals surface area (Å²) in [6, 6.07) is 1.83. The molecule has 0 aliphatic rings. The summed E-state index contributed by atoms with van der Waals surface area (Å²) in [5.41, 5.74) is 3.57. The van der Waals surface area contributed by atoms with Gasteiger partial charge in [0.15, 0.2) is 5.65 Å². The van der Waals surface area contributed by atoms with Gasteiger partial charge in [0.1, 0.15) is 23.3 Å². The fourth-order valence-electron chi connectivity index (χ4n) is 2.13. The topological polar surface area (TPSA) is 61.7 Å². The molecule has 0 spiro atoms. The fourth-order valence-corrected chi connectivity index (χ4v) is 2.33. The molecule has 7 heteroatoms. The van der Waals surface area contributed by atoms with Crippen molar-refractivity contribution in [3.05, 3.63) is 29.5 Å². The highest BCUT2D eigenvalue weighted by Crippen LogP contribution is 2.21. The maximum Gasteiger partial charge on any atom is 0.159 e. The largest absolute Gasteiger partial charge is 0.364 e. The molecule has 0 bridgehead atoms. The lowest BCUT2D eigenvalue weighted by molar-refractivity contribution is 0.409. The number of hydrogen-bond acceptors (Lipinski definition) is 4. The SMILES string of the molecule is Cc1nn(C)c2c1nc(CCl)n2Cc1ccon1. The summed E-state index contributed by atoms with van der Waals surface area (Å²) in [5.74, 6) is 1.16. The predicted molar refractivity (Wildman–Crippen MR) is 66.4 cm³/mol. The first-order valence-electron chi connectivity index (χ1n) is 5.54. The molecule has 0 aliphatic carbocycles. The maximum absolute atomic E-state index is 5.95. The van der Waals surface area contributed by atoms with Gasteiger partial charge in [-0.15, -0.1) is 11.6 Å². The lowest BCUT2D eigenvalue weighted by Crippen LogP contribution is -2.07. The molecule has 3 heterocycles. The van der Waals surface area contributed by atoms with E-state index in [-0.39, 0.29) is 0 Å². The summed E-state index contributed by atoms with van der Waals surface area (Å²) in [4.78, 5) is 4.52. The second kappa shape index (κ2) is 4.13. The fraction of sp³-hybridized carbons (Fsp3) is 0.364. The number of aromatic nitrogens is 5. The van der Waals surface area contributed by atoms with Crippen LogP contribution in [-0.2, 0) is 19.5 Å². The molecule has 0 saturated heterocycles. The zero-order valence-electron chi connectivity index (χ0n) is 10.1. The Hall–Kier alpha value is -1.82. The maximum atomic E-state index is 5.95. The van der Waals surface area contributed by atoms with Gasteiger partial charge in [-0.1, -0.05) is 5.16 Å². The van der Waals surface area contributed by atoms with Crippen LogP contribution in [0.3, 0.4) is 0 Å². The minimum absolute atomic E-state index is 0.353. The van der Waals surface area contributed by atoms with Crippen molar-refractivity contribution >= 4 is 22.8 Å². The van der Waals surface area contributed by atoms with Gasteiger partial charge < -0.3 is 9.09 Å². The van der Waals surface area contributed by atoms with Crippen LogP contribution in [0, 0.1) is 6.92 Å². The van der Waals surface area contributed by atoms with Crippen molar-refractivity contribution in [1.29, 1.82) is 0 Å². The molecule has 3 rings (SSSR count). The normalized spacial score (nSPS) is 11.5. The molecule has 0 aliphatic heterocycles. The van der Waals surface area contributed by atoms with E-state index in [2.05, 4.69) is 15.2 Å². The second-order valence-corrected chi connectivity index (χ2v) is 4.39. The molecule has 0 saturated carbocycles. The molecule has 0 atom stereocenters. The van der Waals surface area contributed by atoms with E-state index in [0.717, 1.165) is 28.4 Å². The molecule has 0 aromatic carbocycles. The number of aryl methyl sites for hydroxylation is 2. The van der Waals surface area contributed by atoms with Crippen LogP contribution in [0.15, 0.2) is 16.9 Å². The molecule has 6 nitrogen and oxygen atoms in total. The number of halogens is 1. The summed E-state index contributed by atoms with van der Waals surface area (Å²) >= 11 is 5.95. The van der Waals surface area contributed by atoms with E-state index in [1.54, 1.807) is 6.26 Å². The molecule has 0 fully saturated rings. The van der Waals surface area contributed by atoms with Gasteiger partial charge in [-0.25, -0.2) is 4.98 Å². The monoisotopic (exact) mass is 265 g/mol. The van der Waals surface area contributed by atoms with Crippen LogP contribution >= 0.6 is 11.6 Å². The van der Waals surface area contributed by atoms with E-state index in [1.165, 1.54) is 0 Å². The zero-order valence-corrected chi connectivity index (χ0v) is 10.8. The number of rotatable bonds is 3. The van der Waals surface area contributed by atoms with Crippen molar-refractivity contribution in [2.24, 2.45) is 7.05 Å². The second-order valence-electron chi connectivity index (χ2n) is 4.12. The van der Waals surface area contributed by atoms with Crippen LogP contribution in [0.5, 0.6) is 0 Å². The molecule has 94 valence electrons. The summed E-state index contributed by atoms with van der Waals surface area (Å²) in [7, 11) is 1.90. The molecule has 3 aromatic heterocycles. The third-order valence-electron chi connectivity index (χ3n) is 2.90. The third-order valence-corrected chi connectivity index (χ3v) is 3.14. The van der Waals surface area contributed by atoms with Crippen LogP contribution in [-0.4, -0.2) is 24.5 Å². The Bertz CT molecular complexity index is 682. The molecule has 3 aromatic rings. The average molecular weight is 266 g/mol. The van der Waals surface area contributed by atoms with Crippen molar-refractivity contribution in [2.45, 2.75) is 19.3 Å². The van der Waals surface area contributed by atoms with E-state index >= 15 is 0 Å².